The molecule has 0 aromatic heterocycles. The minimum absolute atomic E-state index is 0.518. The fraction of sp³-hybridized carbons (Fsp3) is 1.00. The molecule has 1 aliphatic carbocycles. The van der Waals surface area contributed by atoms with Crippen molar-refractivity contribution in [2.45, 2.75) is 71.4 Å². The van der Waals surface area contributed by atoms with E-state index in [1.165, 1.54) is 45.1 Å². The average Bonchev–Trinajstić information content (AvgIpc) is 2.84. The summed E-state index contributed by atoms with van der Waals surface area (Å²) in [6.45, 7) is 9.15. The molecule has 2 aliphatic rings. The summed E-state index contributed by atoms with van der Waals surface area (Å²) in [6, 6.07) is 0.776. The third-order valence-corrected chi connectivity index (χ3v) is 5.13. The zero-order valence-corrected chi connectivity index (χ0v) is 12.5. The van der Waals surface area contributed by atoms with Gasteiger partial charge in [0.25, 0.3) is 0 Å². The van der Waals surface area contributed by atoms with Gasteiger partial charge in [0.1, 0.15) is 0 Å². The van der Waals surface area contributed by atoms with Crippen molar-refractivity contribution >= 4 is 0 Å². The van der Waals surface area contributed by atoms with Gasteiger partial charge in [0.2, 0.25) is 0 Å². The van der Waals surface area contributed by atoms with Crippen molar-refractivity contribution < 1.29 is 4.74 Å². The van der Waals surface area contributed by atoms with E-state index in [4.69, 9.17) is 4.74 Å². The Morgan fingerprint density at radius 1 is 1.11 bits per heavy atom. The van der Waals surface area contributed by atoms with E-state index in [1.807, 2.05) is 0 Å². The van der Waals surface area contributed by atoms with Gasteiger partial charge in [0.15, 0.2) is 0 Å². The fourth-order valence-corrected chi connectivity index (χ4v) is 3.69. The highest BCUT2D eigenvalue weighted by Gasteiger charge is 2.28. The van der Waals surface area contributed by atoms with Crippen molar-refractivity contribution in [3.05, 3.63) is 0 Å². The highest BCUT2D eigenvalue weighted by atomic mass is 16.5. The maximum atomic E-state index is 5.76. The Morgan fingerprint density at radius 2 is 1.83 bits per heavy atom. The lowest BCUT2D eigenvalue weighted by molar-refractivity contribution is 0.0857. The third kappa shape index (κ3) is 3.71. The topological polar surface area (TPSA) is 21.3 Å². The van der Waals surface area contributed by atoms with Crippen LogP contribution in [0.5, 0.6) is 0 Å². The SMILES string of the molecule is CCC1OCCC1CNC1CCC(C(C)C)CC1. The summed E-state index contributed by atoms with van der Waals surface area (Å²) in [5.74, 6) is 2.61. The predicted molar refractivity (Wildman–Crippen MR) is 76.7 cm³/mol. The van der Waals surface area contributed by atoms with Crippen molar-refractivity contribution in [2.24, 2.45) is 17.8 Å². The molecule has 0 radical (unpaired) electrons. The highest BCUT2D eigenvalue weighted by Crippen LogP contribution is 2.30. The van der Waals surface area contributed by atoms with Crippen LogP contribution < -0.4 is 5.32 Å². The second-order valence-corrected chi connectivity index (χ2v) is 6.63. The summed E-state index contributed by atoms with van der Waals surface area (Å²) >= 11 is 0. The van der Waals surface area contributed by atoms with Gasteiger partial charge in [-0.1, -0.05) is 20.8 Å². The van der Waals surface area contributed by atoms with Crippen LogP contribution in [0.25, 0.3) is 0 Å². The van der Waals surface area contributed by atoms with E-state index in [0.29, 0.717) is 6.10 Å². The normalized spacial score (nSPS) is 37.3. The van der Waals surface area contributed by atoms with E-state index >= 15 is 0 Å². The molecule has 0 spiro atoms. The Balaban J connectivity index is 1.66. The summed E-state index contributed by atoms with van der Waals surface area (Å²) < 4.78 is 5.76. The molecule has 106 valence electrons. The van der Waals surface area contributed by atoms with Crippen LogP contribution in [0.1, 0.15) is 59.3 Å². The van der Waals surface area contributed by atoms with Crippen molar-refractivity contribution in [1.29, 1.82) is 0 Å². The first-order chi connectivity index (χ1) is 8.70. The van der Waals surface area contributed by atoms with Gasteiger partial charge in [-0.2, -0.15) is 0 Å². The Labute approximate surface area is 113 Å². The van der Waals surface area contributed by atoms with Crippen molar-refractivity contribution in [3.63, 3.8) is 0 Å². The summed E-state index contributed by atoms with van der Waals surface area (Å²) in [4.78, 5) is 0. The van der Waals surface area contributed by atoms with Gasteiger partial charge in [-0.25, -0.2) is 0 Å². The average molecular weight is 253 g/mol. The number of ether oxygens (including phenoxy) is 1. The van der Waals surface area contributed by atoms with Crippen LogP contribution >= 0.6 is 0 Å². The van der Waals surface area contributed by atoms with Crippen LogP contribution in [0.15, 0.2) is 0 Å². The second-order valence-electron chi connectivity index (χ2n) is 6.63. The van der Waals surface area contributed by atoms with Crippen LogP contribution in [0.4, 0.5) is 0 Å². The maximum Gasteiger partial charge on any atom is 0.0613 e. The molecule has 0 amide bonds. The smallest absolute Gasteiger partial charge is 0.0613 e. The molecule has 2 rings (SSSR count). The molecule has 1 saturated carbocycles. The zero-order valence-electron chi connectivity index (χ0n) is 12.5. The summed E-state index contributed by atoms with van der Waals surface area (Å²) in [7, 11) is 0. The molecule has 2 heteroatoms. The predicted octanol–water partition coefficient (Wildman–Crippen LogP) is 3.61. The molecule has 2 atom stereocenters. The van der Waals surface area contributed by atoms with Crippen molar-refractivity contribution in [3.8, 4) is 0 Å². The van der Waals surface area contributed by atoms with E-state index in [1.54, 1.807) is 0 Å². The molecule has 0 aromatic rings. The van der Waals surface area contributed by atoms with Gasteiger partial charge in [-0.05, 0) is 56.3 Å². The Hall–Kier alpha value is -0.0800. The summed E-state index contributed by atoms with van der Waals surface area (Å²) in [5.41, 5.74) is 0. The molecule has 18 heavy (non-hydrogen) atoms. The molecule has 2 fully saturated rings. The molecular weight excluding hydrogens is 222 g/mol. The standard InChI is InChI=1S/C16H31NO/c1-4-16-14(9-10-18-16)11-17-15-7-5-13(6-8-15)12(2)3/h12-17H,4-11H2,1-3H3. The van der Waals surface area contributed by atoms with Crippen molar-refractivity contribution in [1.82, 2.24) is 5.32 Å². The van der Waals surface area contributed by atoms with E-state index in [-0.39, 0.29) is 0 Å². The molecule has 0 bridgehead atoms. The lowest BCUT2D eigenvalue weighted by Gasteiger charge is -2.32. The van der Waals surface area contributed by atoms with Gasteiger partial charge in [0, 0.05) is 19.2 Å². The van der Waals surface area contributed by atoms with Crippen LogP contribution in [0, 0.1) is 17.8 Å². The summed E-state index contributed by atoms with van der Waals surface area (Å²) in [5, 5.41) is 3.81. The van der Waals surface area contributed by atoms with E-state index in [9.17, 15) is 0 Å². The first-order valence-electron chi connectivity index (χ1n) is 8.05. The molecule has 0 aromatic carbocycles. The molecule has 1 aliphatic heterocycles. The molecule has 2 unspecified atom stereocenters. The van der Waals surface area contributed by atoms with Gasteiger partial charge in [-0.15, -0.1) is 0 Å². The van der Waals surface area contributed by atoms with Crippen LogP contribution in [-0.2, 0) is 4.74 Å². The largest absolute Gasteiger partial charge is 0.378 e. The second kappa shape index (κ2) is 6.91. The zero-order chi connectivity index (χ0) is 13.0. The quantitative estimate of drug-likeness (QED) is 0.808. The maximum absolute atomic E-state index is 5.76. The Bertz CT molecular complexity index is 233. The van der Waals surface area contributed by atoms with Crippen LogP contribution in [-0.4, -0.2) is 25.3 Å². The molecular formula is C16H31NO. The number of hydrogen-bond acceptors (Lipinski definition) is 2. The fourth-order valence-electron chi connectivity index (χ4n) is 3.69. The van der Waals surface area contributed by atoms with Gasteiger partial charge in [0.05, 0.1) is 6.10 Å². The monoisotopic (exact) mass is 253 g/mol. The Morgan fingerprint density at radius 3 is 2.44 bits per heavy atom. The first-order valence-corrected chi connectivity index (χ1v) is 8.05. The van der Waals surface area contributed by atoms with Gasteiger partial charge in [-0.3, -0.25) is 0 Å². The number of hydrogen-bond donors (Lipinski definition) is 1. The van der Waals surface area contributed by atoms with E-state index < -0.39 is 0 Å². The lowest BCUT2D eigenvalue weighted by atomic mass is 9.79. The van der Waals surface area contributed by atoms with Gasteiger partial charge >= 0.3 is 0 Å². The minimum Gasteiger partial charge on any atom is -0.378 e. The molecule has 1 N–H and O–H groups in total. The number of rotatable bonds is 5. The number of nitrogens with one attached hydrogen (secondary N) is 1. The lowest BCUT2D eigenvalue weighted by Crippen LogP contribution is -2.38. The molecule has 2 nitrogen and oxygen atoms in total. The minimum atomic E-state index is 0.518. The third-order valence-electron chi connectivity index (χ3n) is 5.13. The molecule has 1 saturated heterocycles. The highest BCUT2D eigenvalue weighted by molar-refractivity contribution is 4.82. The van der Waals surface area contributed by atoms with E-state index in [0.717, 1.165) is 30.4 Å². The Kier molecular flexibility index (Phi) is 5.50. The molecule has 1 heterocycles. The first kappa shape index (κ1) is 14.3. The summed E-state index contributed by atoms with van der Waals surface area (Å²) in [6.07, 6.45) is 8.56. The van der Waals surface area contributed by atoms with Crippen LogP contribution in [0.2, 0.25) is 0 Å². The van der Waals surface area contributed by atoms with Crippen molar-refractivity contribution in [2.75, 3.05) is 13.2 Å². The van der Waals surface area contributed by atoms with Gasteiger partial charge < -0.3 is 10.1 Å². The van der Waals surface area contributed by atoms with E-state index in [2.05, 4.69) is 26.1 Å². The van der Waals surface area contributed by atoms with Crippen LogP contribution in [0.3, 0.4) is 0 Å².